The Bertz CT molecular complexity index is 810. The number of carbonyl (C=O) groups is 1. The highest BCUT2D eigenvalue weighted by Crippen LogP contribution is 2.40. The lowest BCUT2D eigenvalue weighted by molar-refractivity contribution is -0.118. The fraction of sp³-hybridized carbons (Fsp3) is 0.316. The number of amides is 1. The summed E-state index contributed by atoms with van der Waals surface area (Å²) >= 11 is 0. The lowest BCUT2D eigenvalue weighted by Crippen LogP contribution is -2.20. The standard InChI is InChI=1S/C19H21NO7/c1-11(21)12-6-16(23-2)19(17(7-12)24-3)25-9-18(22)20-13-4-5-14-15(8-13)27-10-26-14/h4-8,11,21H,9-10H2,1-3H3,(H,20,22). The first-order chi connectivity index (χ1) is 13.0. The number of aliphatic hydroxyl groups is 1. The molecule has 3 rings (SSSR count). The molecule has 2 aromatic rings. The van der Waals surface area contributed by atoms with Crippen molar-refractivity contribution in [3.63, 3.8) is 0 Å². The monoisotopic (exact) mass is 375 g/mol. The first kappa shape index (κ1) is 18.7. The van der Waals surface area contributed by atoms with Gasteiger partial charge in [0.1, 0.15) is 0 Å². The van der Waals surface area contributed by atoms with E-state index in [-0.39, 0.29) is 25.1 Å². The van der Waals surface area contributed by atoms with Crippen molar-refractivity contribution in [3.8, 4) is 28.7 Å². The Labute approximate surface area is 156 Å². The van der Waals surface area contributed by atoms with Gasteiger partial charge in [-0.25, -0.2) is 0 Å². The zero-order valence-corrected chi connectivity index (χ0v) is 15.3. The van der Waals surface area contributed by atoms with Crippen LogP contribution in [-0.2, 0) is 4.79 Å². The van der Waals surface area contributed by atoms with Crippen LogP contribution in [0, 0.1) is 0 Å². The molecule has 0 saturated heterocycles. The third-order valence-corrected chi connectivity index (χ3v) is 3.97. The Morgan fingerprint density at radius 1 is 1.15 bits per heavy atom. The van der Waals surface area contributed by atoms with Gasteiger partial charge in [-0.1, -0.05) is 0 Å². The number of hydrogen-bond acceptors (Lipinski definition) is 7. The first-order valence-corrected chi connectivity index (χ1v) is 8.28. The molecule has 1 amide bonds. The molecule has 1 heterocycles. The highest BCUT2D eigenvalue weighted by molar-refractivity contribution is 5.92. The average molecular weight is 375 g/mol. The van der Waals surface area contributed by atoms with E-state index < -0.39 is 6.10 Å². The molecule has 0 fully saturated rings. The Morgan fingerprint density at radius 3 is 2.44 bits per heavy atom. The average Bonchev–Trinajstić information content (AvgIpc) is 3.13. The predicted octanol–water partition coefficient (Wildman–Crippen LogP) is 2.50. The van der Waals surface area contributed by atoms with Gasteiger partial charge in [-0.3, -0.25) is 4.79 Å². The second kappa shape index (κ2) is 8.05. The van der Waals surface area contributed by atoms with Crippen molar-refractivity contribution in [1.82, 2.24) is 0 Å². The number of rotatable bonds is 7. The van der Waals surface area contributed by atoms with Crippen molar-refractivity contribution in [3.05, 3.63) is 35.9 Å². The molecule has 8 heteroatoms. The molecule has 1 aliphatic heterocycles. The second-order valence-corrected chi connectivity index (χ2v) is 5.84. The maximum atomic E-state index is 12.2. The molecule has 0 aromatic heterocycles. The molecule has 1 aliphatic rings. The van der Waals surface area contributed by atoms with E-state index in [1.54, 1.807) is 37.3 Å². The minimum Gasteiger partial charge on any atom is -0.493 e. The number of carbonyl (C=O) groups excluding carboxylic acids is 1. The van der Waals surface area contributed by atoms with E-state index >= 15 is 0 Å². The van der Waals surface area contributed by atoms with Crippen LogP contribution in [-0.4, -0.2) is 38.6 Å². The number of benzene rings is 2. The van der Waals surface area contributed by atoms with Gasteiger partial charge in [-0.05, 0) is 36.8 Å². The van der Waals surface area contributed by atoms with Gasteiger partial charge in [-0.15, -0.1) is 0 Å². The van der Waals surface area contributed by atoms with Crippen molar-refractivity contribution in [2.75, 3.05) is 32.9 Å². The van der Waals surface area contributed by atoms with Crippen LogP contribution in [0.15, 0.2) is 30.3 Å². The summed E-state index contributed by atoms with van der Waals surface area (Å²) in [5.74, 6) is 1.85. The molecular weight excluding hydrogens is 354 g/mol. The van der Waals surface area contributed by atoms with E-state index in [1.165, 1.54) is 14.2 Å². The Kier molecular flexibility index (Phi) is 5.56. The summed E-state index contributed by atoms with van der Waals surface area (Å²) in [5.41, 5.74) is 1.18. The third-order valence-electron chi connectivity index (χ3n) is 3.97. The minimum atomic E-state index is -0.698. The zero-order chi connectivity index (χ0) is 19.4. The first-order valence-electron chi connectivity index (χ1n) is 8.28. The van der Waals surface area contributed by atoms with Gasteiger partial charge >= 0.3 is 0 Å². The smallest absolute Gasteiger partial charge is 0.262 e. The summed E-state index contributed by atoms with van der Waals surface area (Å²) in [7, 11) is 2.94. The van der Waals surface area contributed by atoms with Crippen molar-refractivity contribution >= 4 is 11.6 Å². The maximum Gasteiger partial charge on any atom is 0.262 e. The summed E-state index contributed by atoms with van der Waals surface area (Å²) in [6.45, 7) is 1.54. The summed E-state index contributed by atoms with van der Waals surface area (Å²) in [5, 5.41) is 12.5. The number of methoxy groups -OCH3 is 2. The van der Waals surface area contributed by atoms with Crippen LogP contribution in [0.1, 0.15) is 18.6 Å². The van der Waals surface area contributed by atoms with E-state index in [2.05, 4.69) is 5.32 Å². The van der Waals surface area contributed by atoms with Crippen molar-refractivity contribution in [2.24, 2.45) is 0 Å². The van der Waals surface area contributed by atoms with E-state index in [4.69, 9.17) is 23.7 Å². The highest BCUT2D eigenvalue weighted by Gasteiger charge is 2.18. The topological polar surface area (TPSA) is 95.5 Å². The predicted molar refractivity (Wildman–Crippen MR) is 96.9 cm³/mol. The van der Waals surface area contributed by atoms with Gasteiger partial charge < -0.3 is 34.1 Å². The Balaban J connectivity index is 1.69. The van der Waals surface area contributed by atoms with Gasteiger partial charge in [-0.2, -0.15) is 0 Å². The van der Waals surface area contributed by atoms with Crippen LogP contribution in [0.2, 0.25) is 0 Å². The van der Waals surface area contributed by atoms with Crippen LogP contribution in [0.4, 0.5) is 5.69 Å². The minimum absolute atomic E-state index is 0.165. The van der Waals surface area contributed by atoms with Crippen LogP contribution >= 0.6 is 0 Å². The van der Waals surface area contributed by atoms with Gasteiger partial charge in [0, 0.05) is 11.8 Å². The van der Waals surface area contributed by atoms with Crippen molar-refractivity contribution in [1.29, 1.82) is 0 Å². The Hall–Kier alpha value is -3.13. The second-order valence-electron chi connectivity index (χ2n) is 5.84. The normalized spacial score (nSPS) is 13.0. The maximum absolute atomic E-state index is 12.2. The fourth-order valence-corrected chi connectivity index (χ4v) is 2.59. The molecule has 27 heavy (non-hydrogen) atoms. The highest BCUT2D eigenvalue weighted by atomic mass is 16.7. The lowest BCUT2D eigenvalue weighted by Gasteiger charge is -2.17. The van der Waals surface area contributed by atoms with Crippen LogP contribution < -0.4 is 29.0 Å². The molecule has 1 atom stereocenters. The molecule has 2 aromatic carbocycles. The number of anilines is 1. The number of ether oxygens (including phenoxy) is 5. The van der Waals surface area contributed by atoms with Crippen LogP contribution in [0.25, 0.3) is 0 Å². The summed E-state index contributed by atoms with van der Waals surface area (Å²) in [6, 6.07) is 8.39. The molecule has 2 N–H and O–H groups in total. The van der Waals surface area contributed by atoms with Crippen LogP contribution in [0.3, 0.4) is 0 Å². The summed E-state index contributed by atoms with van der Waals surface area (Å²) in [6.07, 6.45) is -0.698. The molecule has 8 nitrogen and oxygen atoms in total. The van der Waals surface area contributed by atoms with Gasteiger partial charge in [0.2, 0.25) is 12.5 Å². The molecule has 0 saturated carbocycles. The molecular formula is C19H21NO7. The zero-order valence-electron chi connectivity index (χ0n) is 15.3. The van der Waals surface area contributed by atoms with E-state index in [9.17, 15) is 9.90 Å². The molecule has 144 valence electrons. The summed E-state index contributed by atoms with van der Waals surface area (Å²) < 4.78 is 26.7. The largest absolute Gasteiger partial charge is 0.493 e. The SMILES string of the molecule is COc1cc(C(C)O)cc(OC)c1OCC(=O)Nc1ccc2c(c1)OCO2. The number of aliphatic hydroxyl groups excluding tert-OH is 1. The summed E-state index contributed by atoms with van der Waals surface area (Å²) in [4.78, 5) is 12.2. The van der Waals surface area contributed by atoms with E-state index in [1.807, 2.05) is 0 Å². The van der Waals surface area contributed by atoms with Gasteiger partial charge in [0.25, 0.3) is 5.91 Å². The van der Waals surface area contributed by atoms with Crippen LogP contribution in [0.5, 0.6) is 28.7 Å². The van der Waals surface area contributed by atoms with Gasteiger partial charge in [0.05, 0.1) is 20.3 Å². The Morgan fingerprint density at radius 2 is 1.81 bits per heavy atom. The van der Waals surface area contributed by atoms with Gasteiger partial charge in [0.15, 0.2) is 29.6 Å². The quantitative estimate of drug-likeness (QED) is 0.768. The third kappa shape index (κ3) is 4.17. The molecule has 0 spiro atoms. The number of hydrogen-bond donors (Lipinski definition) is 2. The lowest BCUT2D eigenvalue weighted by atomic mass is 10.1. The molecule has 0 radical (unpaired) electrons. The fourth-order valence-electron chi connectivity index (χ4n) is 2.59. The van der Waals surface area contributed by atoms with Crippen molar-refractivity contribution < 1.29 is 33.6 Å². The van der Waals surface area contributed by atoms with Crippen molar-refractivity contribution in [2.45, 2.75) is 13.0 Å². The van der Waals surface area contributed by atoms with E-state index in [0.717, 1.165) is 0 Å². The molecule has 1 unspecified atom stereocenters. The number of fused-ring (bicyclic) bond motifs is 1. The number of nitrogens with one attached hydrogen (secondary N) is 1. The molecule has 0 bridgehead atoms. The van der Waals surface area contributed by atoms with E-state index in [0.29, 0.717) is 34.2 Å². The molecule has 0 aliphatic carbocycles.